The van der Waals surface area contributed by atoms with Crippen molar-refractivity contribution in [1.29, 1.82) is 0 Å². The first-order chi connectivity index (χ1) is 7.96. The molecule has 0 spiro atoms. The lowest BCUT2D eigenvalue weighted by molar-refractivity contribution is -0.274. The van der Waals surface area contributed by atoms with Crippen LogP contribution in [0.1, 0.15) is 30.7 Å². The van der Waals surface area contributed by atoms with Crippen LogP contribution in [0.25, 0.3) is 0 Å². The molecule has 17 heavy (non-hydrogen) atoms. The number of benzene rings is 1. The maximum atomic E-state index is 11.9. The highest BCUT2D eigenvalue weighted by Gasteiger charge is 2.31. The van der Waals surface area contributed by atoms with Crippen molar-refractivity contribution < 1.29 is 22.7 Å². The monoisotopic (exact) mass is 244 g/mol. The molecule has 1 aromatic carbocycles. The molecule has 0 amide bonds. The van der Waals surface area contributed by atoms with Gasteiger partial charge in [-0.1, -0.05) is 12.1 Å². The van der Waals surface area contributed by atoms with Crippen LogP contribution in [-0.4, -0.2) is 12.1 Å². The third-order valence-electron chi connectivity index (χ3n) is 2.82. The lowest BCUT2D eigenvalue weighted by atomic mass is 9.97. The average molecular weight is 244 g/mol. The van der Waals surface area contributed by atoms with Crippen molar-refractivity contribution in [2.45, 2.75) is 31.5 Å². The van der Waals surface area contributed by atoms with Gasteiger partial charge in [0.25, 0.3) is 0 Å². The Morgan fingerprint density at radius 1 is 1.18 bits per heavy atom. The van der Waals surface area contributed by atoms with Crippen LogP contribution in [0, 0.1) is 0 Å². The Bertz CT molecular complexity index is 409. The van der Waals surface area contributed by atoms with Gasteiger partial charge in [0.05, 0.1) is 0 Å². The Balaban J connectivity index is 2.10. The summed E-state index contributed by atoms with van der Waals surface area (Å²) >= 11 is 0. The number of Topliss-reactive ketones (excluding diaryl/α,β-unsaturated/α-hetero) is 1. The quantitative estimate of drug-likeness (QED) is 0.796. The van der Waals surface area contributed by atoms with Gasteiger partial charge < -0.3 is 4.74 Å². The number of ether oxygens (including phenoxy) is 1. The average Bonchev–Trinajstić information content (AvgIpc) is 2.63. The summed E-state index contributed by atoms with van der Waals surface area (Å²) in [5.41, 5.74) is 0.766. The number of alkyl halides is 3. The first-order valence-corrected chi connectivity index (χ1v) is 5.34. The molecule has 0 saturated heterocycles. The molecular weight excluding hydrogens is 233 g/mol. The molecule has 0 radical (unpaired) electrons. The van der Waals surface area contributed by atoms with Crippen LogP contribution in [-0.2, 0) is 4.79 Å². The minimum atomic E-state index is -4.68. The van der Waals surface area contributed by atoms with Crippen LogP contribution in [0.3, 0.4) is 0 Å². The molecule has 0 bridgehead atoms. The van der Waals surface area contributed by atoms with Crippen LogP contribution < -0.4 is 4.74 Å². The lowest BCUT2D eigenvalue weighted by Crippen LogP contribution is -2.17. The molecule has 1 aliphatic carbocycles. The van der Waals surface area contributed by atoms with E-state index in [2.05, 4.69) is 4.74 Å². The van der Waals surface area contributed by atoms with Crippen LogP contribution in [0.4, 0.5) is 13.2 Å². The maximum absolute atomic E-state index is 11.9. The SMILES string of the molecule is O=C1CCCC1c1ccc(OC(F)(F)F)cc1. The number of halogens is 3. The van der Waals surface area contributed by atoms with Crippen molar-refractivity contribution >= 4 is 5.78 Å². The summed E-state index contributed by atoms with van der Waals surface area (Å²) in [6.45, 7) is 0. The molecule has 1 fully saturated rings. The van der Waals surface area contributed by atoms with Crippen molar-refractivity contribution in [3.8, 4) is 5.75 Å². The highest BCUT2D eigenvalue weighted by atomic mass is 19.4. The van der Waals surface area contributed by atoms with E-state index in [0.717, 1.165) is 18.4 Å². The van der Waals surface area contributed by atoms with Crippen molar-refractivity contribution in [1.82, 2.24) is 0 Å². The third-order valence-corrected chi connectivity index (χ3v) is 2.82. The van der Waals surface area contributed by atoms with E-state index < -0.39 is 6.36 Å². The zero-order valence-corrected chi connectivity index (χ0v) is 8.96. The summed E-state index contributed by atoms with van der Waals surface area (Å²) in [7, 11) is 0. The van der Waals surface area contributed by atoms with E-state index >= 15 is 0 Å². The number of hydrogen-bond acceptors (Lipinski definition) is 2. The predicted molar refractivity (Wildman–Crippen MR) is 54.7 cm³/mol. The summed E-state index contributed by atoms with van der Waals surface area (Å²) in [5, 5.41) is 0. The third kappa shape index (κ3) is 2.99. The number of ketones is 1. The van der Waals surface area contributed by atoms with Gasteiger partial charge in [-0.15, -0.1) is 13.2 Å². The Morgan fingerprint density at radius 3 is 2.29 bits per heavy atom. The van der Waals surface area contributed by atoms with Crippen molar-refractivity contribution in [3.05, 3.63) is 29.8 Å². The molecule has 2 rings (SSSR count). The van der Waals surface area contributed by atoms with Gasteiger partial charge >= 0.3 is 6.36 Å². The molecule has 1 aromatic rings. The number of carbonyl (C=O) groups is 1. The maximum Gasteiger partial charge on any atom is 0.573 e. The molecule has 92 valence electrons. The van der Waals surface area contributed by atoms with Gasteiger partial charge in [0.15, 0.2) is 0 Å². The summed E-state index contributed by atoms with van der Waals surface area (Å²) in [4.78, 5) is 11.5. The molecule has 1 aliphatic rings. The van der Waals surface area contributed by atoms with Crippen molar-refractivity contribution in [2.75, 3.05) is 0 Å². The van der Waals surface area contributed by atoms with Crippen LogP contribution >= 0.6 is 0 Å². The number of carbonyl (C=O) groups excluding carboxylic acids is 1. The lowest BCUT2D eigenvalue weighted by Gasteiger charge is -2.11. The molecule has 5 heteroatoms. The number of hydrogen-bond donors (Lipinski definition) is 0. The van der Waals surface area contributed by atoms with Gasteiger partial charge in [0.2, 0.25) is 0 Å². The fourth-order valence-corrected chi connectivity index (χ4v) is 2.07. The minimum Gasteiger partial charge on any atom is -0.406 e. The molecule has 1 unspecified atom stereocenters. The van der Waals surface area contributed by atoms with E-state index in [0.29, 0.717) is 6.42 Å². The first-order valence-electron chi connectivity index (χ1n) is 5.34. The zero-order valence-electron chi connectivity index (χ0n) is 8.96. The second-order valence-corrected chi connectivity index (χ2v) is 4.03. The summed E-state index contributed by atoms with van der Waals surface area (Å²) in [6, 6.07) is 5.53. The van der Waals surface area contributed by atoms with E-state index in [1.165, 1.54) is 24.3 Å². The van der Waals surface area contributed by atoms with E-state index in [4.69, 9.17) is 0 Å². The van der Waals surface area contributed by atoms with E-state index in [9.17, 15) is 18.0 Å². The molecule has 0 aliphatic heterocycles. The van der Waals surface area contributed by atoms with Gasteiger partial charge in [-0.05, 0) is 30.5 Å². The molecule has 0 N–H and O–H groups in total. The molecule has 1 atom stereocenters. The Labute approximate surface area is 96.4 Å². The van der Waals surface area contributed by atoms with Crippen LogP contribution in [0.15, 0.2) is 24.3 Å². The molecule has 0 aromatic heterocycles. The molecule has 2 nitrogen and oxygen atoms in total. The Hall–Kier alpha value is -1.52. The summed E-state index contributed by atoms with van der Waals surface area (Å²) in [6.07, 6.45) is -2.49. The topological polar surface area (TPSA) is 26.3 Å². The van der Waals surface area contributed by atoms with Gasteiger partial charge in [0.1, 0.15) is 11.5 Å². The smallest absolute Gasteiger partial charge is 0.406 e. The predicted octanol–water partition coefficient (Wildman–Crippen LogP) is 3.42. The van der Waals surface area contributed by atoms with Gasteiger partial charge in [-0.25, -0.2) is 0 Å². The fraction of sp³-hybridized carbons (Fsp3) is 0.417. The molecule has 1 saturated carbocycles. The zero-order chi connectivity index (χ0) is 12.5. The minimum absolute atomic E-state index is 0.157. The van der Waals surface area contributed by atoms with Crippen molar-refractivity contribution in [2.24, 2.45) is 0 Å². The molecular formula is C12H11F3O2. The Morgan fingerprint density at radius 2 is 1.82 bits per heavy atom. The highest BCUT2D eigenvalue weighted by Crippen LogP contribution is 2.32. The first kappa shape index (κ1) is 12.0. The van der Waals surface area contributed by atoms with E-state index in [1.807, 2.05) is 0 Å². The van der Waals surface area contributed by atoms with Gasteiger partial charge in [-0.3, -0.25) is 4.79 Å². The summed E-state index contributed by atoms with van der Waals surface area (Å²) in [5.74, 6) is -0.254. The highest BCUT2D eigenvalue weighted by molar-refractivity contribution is 5.87. The Kier molecular flexibility index (Phi) is 3.09. The second kappa shape index (κ2) is 4.39. The van der Waals surface area contributed by atoms with E-state index in [-0.39, 0.29) is 17.5 Å². The molecule has 0 heterocycles. The summed E-state index contributed by atoms with van der Waals surface area (Å²) < 4.78 is 39.5. The largest absolute Gasteiger partial charge is 0.573 e. The van der Waals surface area contributed by atoms with E-state index in [1.54, 1.807) is 0 Å². The van der Waals surface area contributed by atoms with Crippen LogP contribution in [0.5, 0.6) is 5.75 Å². The number of rotatable bonds is 2. The normalized spacial score (nSPS) is 20.6. The van der Waals surface area contributed by atoms with Crippen LogP contribution in [0.2, 0.25) is 0 Å². The van der Waals surface area contributed by atoms with Gasteiger partial charge in [-0.2, -0.15) is 0 Å². The fourth-order valence-electron chi connectivity index (χ4n) is 2.07. The second-order valence-electron chi connectivity index (χ2n) is 4.03. The standard InChI is InChI=1S/C12H11F3O2/c13-12(14,15)17-9-6-4-8(5-7-9)10-2-1-3-11(10)16/h4-7,10H,1-3H2. The van der Waals surface area contributed by atoms with Gasteiger partial charge in [0, 0.05) is 12.3 Å². The van der Waals surface area contributed by atoms with Crippen molar-refractivity contribution in [3.63, 3.8) is 0 Å².